The number of rotatable bonds is 6. The first-order valence-corrected chi connectivity index (χ1v) is 9.94. The van der Waals surface area contributed by atoms with Gasteiger partial charge in [-0.2, -0.15) is 13.2 Å². The number of hydrogen-bond acceptors (Lipinski definition) is 5. The summed E-state index contributed by atoms with van der Waals surface area (Å²) in [7, 11) is 0. The van der Waals surface area contributed by atoms with Crippen LogP contribution in [0.3, 0.4) is 0 Å². The average molecular weight is 406 g/mol. The summed E-state index contributed by atoms with van der Waals surface area (Å²) in [4.78, 5) is 22.1. The Bertz CT molecular complexity index is 648. The van der Waals surface area contributed by atoms with E-state index in [0.29, 0.717) is 43.6 Å². The SMILES string of the molecule is CCNC(=NCCc1nc(C(F)(F)F)cs1)N1CCCC(C(=O)OCC)C1. The Morgan fingerprint density at radius 1 is 1.48 bits per heavy atom. The molecule has 0 aliphatic carbocycles. The molecule has 1 aliphatic heterocycles. The maximum atomic E-state index is 12.6. The lowest BCUT2D eigenvalue weighted by Crippen LogP contribution is -2.48. The number of likely N-dealkylation sites (tertiary alicyclic amines) is 1. The van der Waals surface area contributed by atoms with Gasteiger partial charge >= 0.3 is 12.1 Å². The van der Waals surface area contributed by atoms with Crippen LogP contribution in [0.25, 0.3) is 0 Å². The number of esters is 1. The van der Waals surface area contributed by atoms with Crippen molar-refractivity contribution in [3.05, 3.63) is 16.1 Å². The molecule has 0 radical (unpaired) electrons. The molecule has 0 bridgehead atoms. The fourth-order valence-electron chi connectivity index (χ4n) is 2.86. The summed E-state index contributed by atoms with van der Waals surface area (Å²) < 4.78 is 43.0. The number of thiazole rings is 1. The first kappa shape index (κ1) is 21.5. The lowest BCUT2D eigenvalue weighted by Gasteiger charge is -2.34. The number of carbonyl (C=O) groups excluding carboxylic acids is 1. The van der Waals surface area contributed by atoms with Crippen LogP contribution < -0.4 is 5.32 Å². The van der Waals surface area contributed by atoms with E-state index in [4.69, 9.17) is 4.74 Å². The number of aliphatic imine (C=N–C) groups is 1. The van der Waals surface area contributed by atoms with Crippen LogP contribution >= 0.6 is 11.3 Å². The van der Waals surface area contributed by atoms with Gasteiger partial charge in [0.15, 0.2) is 11.7 Å². The second kappa shape index (κ2) is 9.91. The zero-order chi connectivity index (χ0) is 19.9. The summed E-state index contributed by atoms with van der Waals surface area (Å²) in [6.45, 7) is 6.38. The number of nitrogens with one attached hydrogen (secondary N) is 1. The van der Waals surface area contributed by atoms with E-state index in [1.165, 1.54) is 0 Å². The van der Waals surface area contributed by atoms with Gasteiger partial charge in [0.2, 0.25) is 0 Å². The summed E-state index contributed by atoms with van der Waals surface area (Å²) in [6.07, 6.45) is -2.43. The van der Waals surface area contributed by atoms with Crippen molar-refractivity contribution in [2.24, 2.45) is 10.9 Å². The molecule has 1 saturated heterocycles. The van der Waals surface area contributed by atoms with E-state index in [9.17, 15) is 18.0 Å². The maximum absolute atomic E-state index is 12.6. The van der Waals surface area contributed by atoms with E-state index < -0.39 is 11.9 Å². The van der Waals surface area contributed by atoms with Crippen molar-refractivity contribution in [1.82, 2.24) is 15.2 Å². The largest absolute Gasteiger partial charge is 0.466 e. The van der Waals surface area contributed by atoms with Crippen LogP contribution in [0.5, 0.6) is 0 Å². The Labute approximate surface area is 160 Å². The van der Waals surface area contributed by atoms with Crippen molar-refractivity contribution in [3.63, 3.8) is 0 Å². The van der Waals surface area contributed by atoms with Gasteiger partial charge in [-0.15, -0.1) is 11.3 Å². The molecule has 0 amide bonds. The lowest BCUT2D eigenvalue weighted by atomic mass is 9.98. The van der Waals surface area contributed by atoms with E-state index in [1.807, 2.05) is 11.8 Å². The van der Waals surface area contributed by atoms with Gasteiger partial charge < -0.3 is 15.0 Å². The summed E-state index contributed by atoms with van der Waals surface area (Å²) in [5, 5.41) is 4.62. The minimum absolute atomic E-state index is 0.184. The van der Waals surface area contributed by atoms with Crippen LogP contribution in [0.15, 0.2) is 10.4 Å². The minimum Gasteiger partial charge on any atom is -0.466 e. The van der Waals surface area contributed by atoms with Crippen molar-refractivity contribution in [3.8, 4) is 0 Å². The zero-order valence-electron chi connectivity index (χ0n) is 15.5. The number of alkyl halides is 3. The van der Waals surface area contributed by atoms with Crippen LogP contribution in [-0.2, 0) is 22.1 Å². The molecule has 1 atom stereocenters. The summed E-state index contributed by atoms with van der Waals surface area (Å²) in [5.74, 6) is 0.287. The van der Waals surface area contributed by atoms with Crippen molar-refractivity contribution >= 4 is 23.3 Å². The van der Waals surface area contributed by atoms with Gasteiger partial charge in [0.25, 0.3) is 0 Å². The molecule has 152 valence electrons. The molecule has 1 unspecified atom stereocenters. The number of halogens is 3. The van der Waals surface area contributed by atoms with Crippen molar-refractivity contribution in [2.75, 3.05) is 32.8 Å². The molecule has 10 heteroatoms. The molecular formula is C17H25F3N4O2S. The lowest BCUT2D eigenvalue weighted by molar-refractivity contribution is -0.149. The van der Waals surface area contributed by atoms with E-state index in [-0.39, 0.29) is 11.9 Å². The monoisotopic (exact) mass is 406 g/mol. The molecule has 1 fully saturated rings. The minimum atomic E-state index is -4.41. The highest BCUT2D eigenvalue weighted by Crippen LogP contribution is 2.30. The van der Waals surface area contributed by atoms with Gasteiger partial charge in [0.1, 0.15) is 0 Å². The highest BCUT2D eigenvalue weighted by molar-refractivity contribution is 7.09. The van der Waals surface area contributed by atoms with Crippen LogP contribution in [0.1, 0.15) is 37.4 Å². The Kier molecular flexibility index (Phi) is 7.88. The van der Waals surface area contributed by atoms with Crippen molar-refractivity contribution < 1.29 is 22.7 Å². The summed E-state index contributed by atoms with van der Waals surface area (Å²) in [6, 6.07) is 0. The van der Waals surface area contributed by atoms with E-state index >= 15 is 0 Å². The third-order valence-corrected chi connectivity index (χ3v) is 5.01. The first-order valence-electron chi connectivity index (χ1n) is 9.06. The normalized spacial score (nSPS) is 18.5. The van der Waals surface area contributed by atoms with Crippen LogP contribution in [0.4, 0.5) is 13.2 Å². The van der Waals surface area contributed by atoms with Gasteiger partial charge in [-0.3, -0.25) is 9.79 Å². The smallest absolute Gasteiger partial charge is 0.434 e. The third-order valence-electron chi connectivity index (χ3n) is 4.11. The topological polar surface area (TPSA) is 66.8 Å². The molecule has 2 rings (SSSR count). The molecule has 0 spiro atoms. The van der Waals surface area contributed by atoms with Crippen LogP contribution in [-0.4, -0.2) is 54.6 Å². The van der Waals surface area contributed by atoms with E-state index in [1.54, 1.807) is 6.92 Å². The van der Waals surface area contributed by atoms with Gasteiger partial charge in [-0.1, -0.05) is 0 Å². The van der Waals surface area contributed by atoms with E-state index in [2.05, 4.69) is 15.3 Å². The molecule has 1 aromatic heterocycles. The number of piperidine rings is 1. The molecule has 6 nitrogen and oxygen atoms in total. The maximum Gasteiger partial charge on any atom is 0.434 e. The second-order valence-electron chi connectivity index (χ2n) is 6.15. The highest BCUT2D eigenvalue weighted by Gasteiger charge is 2.33. The Morgan fingerprint density at radius 2 is 2.26 bits per heavy atom. The summed E-state index contributed by atoms with van der Waals surface area (Å²) >= 11 is 0.991. The molecule has 2 heterocycles. The highest BCUT2D eigenvalue weighted by atomic mass is 32.1. The number of nitrogens with zero attached hydrogens (tertiary/aromatic N) is 3. The molecular weight excluding hydrogens is 381 g/mol. The number of carbonyl (C=O) groups is 1. The van der Waals surface area contributed by atoms with Crippen molar-refractivity contribution in [2.45, 2.75) is 39.3 Å². The number of hydrogen-bond donors (Lipinski definition) is 1. The fraction of sp³-hybridized carbons (Fsp3) is 0.706. The summed E-state index contributed by atoms with van der Waals surface area (Å²) in [5.41, 5.74) is -0.855. The standard InChI is InChI=1S/C17H25F3N4O2S/c1-3-21-16(24-9-5-6-12(10-24)15(25)26-4-2)22-8-7-14-23-13(11-27-14)17(18,19)20/h11-12H,3-10H2,1-2H3,(H,21,22). The molecule has 0 aromatic carbocycles. The molecule has 1 N–H and O–H groups in total. The number of aromatic nitrogens is 1. The Balaban J connectivity index is 1.97. The van der Waals surface area contributed by atoms with E-state index in [0.717, 1.165) is 36.1 Å². The number of ether oxygens (including phenoxy) is 1. The number of guanidine groups is 1. The predicted octanol–water partition coefficient (Wildman–Crippen LogP) is 2.95. The Hall–Kier alpha value is -1.84. The van der Waals surface area contributed by atoms with Gasteiger partial charge in [-0.05, 0) is 26.7 Å². The average Bonchev–Trinajstić information content (AvgIpc) is 3.11. The fourth-order valence-corrected chi connectivity index (χ4v) is 3.66. The molecule has 27 heavy (non-hydrogen) atoms. The van der Waals surface area contributed by atoms with Gasteiger partial charge in [-0.25, -0.2) is 4.98 Å². The zero-order valence-corrected chi connectivity index (χ0v) is 16.3. The molecule has 1 aromatic rings. The second-order valence-corrected chi connectivity index (χ2v) is 7.09. The molecule has 1 aliphatic rings. The predicted molar refractivity (Wildman–Crippen MR) is 97.7 cm³/mol. The third kappa shape index (κ3) is 6.37. The van der Waals surface area contributed by atoms with Gasteiger partial charge in [0, 0.05) is 38.0 Å². The Morgan fingerprint density at radius 3 is 2.89 bits per heavy atom. The van der Waals surface area contributed by atoms with Gasteiger partial charge in [0.05, 0.1) is 17.5 Å². The first-order chi connectivity index (χ1) is 12.8. The van der Waals surface area contributed by atoms with Crippen LogP contribution in [0.2, 0.25) is 0 Å². The quantitative estimate of drug-likeness (QED) is 0.447. The van der Waals surface area contributed by atoms with Crippen molar-refractivity contribution in [1.29, 1.82) is 0 Å². The van der Waals surface area contributed by atoms with Crippen LogP contribution in [0, 0.1) is 5.92 Å². The molecule has 0 saturated carbocycles.